The van der Waals surface area contributed by atoms with E-state index in [0.29, 0.717) is 17.1 Å². The lowest BCUT2D eigenvalue weighted by atomic mass is 10.0. The Morgan fingerprint density at radius 1 is 0.850 bits per heavy atom. The van der Waals surface area contributed by atoms with Gasteiger partial charge in [-0.25, -0.2) is 8.78 Å². The zero-order valence-electron chi connectivity index (χ0n) is 11.1. The minimum atomic E-state index is -1.08. The van der Waals surface area contributed by atoms with Crippen LogP contribution >= 0.6 is 0 Å². The summed E-state index contributed by atoms with van der Waals surface area (Å²) < 4.78 is 36.3. The van der Waals surface area contributed by atoms with E-state index in [1.165, 1.54) is 20.3 Å². The van der Waals surface area contributed by atoms with Gasteiger partial charge in [-0.2, -0.15) is 0 Å². The van der Waals surface area contributed by atoms with E-state index in [1.54, 1.807) is 18.2 Å². The van der Waals surface area contributed by atoms with Crippen molar-refractivity contribution in [3.63, 3.8) is 0 Å². The predicted molar refractivity (Wildman–Crippen MR) is 70.0 cm³/mol. The fourth-order valence-electron chi connectivity index (χ4n) is 1.90. The number of rotatable bonds is 4. The van der Waals surface area contributed by atoms with E-state index in [0.717, 1.165) is 12.1 Å². The normalized spacial score (nSPS) is 12.1. The van der Waals surface area contributed by atoms with Crippen LogP contribution < -0.4 is 9.47 Å². The Kier molecular flexibility index (Phi) is 4.20. The molecule has 20 heavy (non-hydrogen) atoms. The molecule has 3 nitrogen and oxygen atoms in total. The minimum absolute atomic E-state index is 0.260. The third-order valence-electron chi connectivity index (χ3n) is 2.98. The number of hydrogen-bond acceptors (Lipinski definition) is 3. The monoisotopic (exact) mass is 280 g/mol. The molecule has 0 saturated heterocycles. The lowest BCUT2D eigenvalue weighted by Crippen LogP contribution is -2.02. The third-order valence-corrected chi connectivity index (χ3v) is 2.98. The van der Waals surface area contributed by atoms with Crippen LogP contribution in [0.1, 0.15) is 17.2 Å². The zero-order valence-corrected chi connectivity index (χ0v) is 11.1. The molecular weight excluding hydrogens is 266 g/mol. The molecule has 0 spiro atoms. The Balaban J connectivity index is 2.37. The molecule has 2 rings (SSSR count). The summed E-state index contributed by atoms with van der Waals surface area (Å²) in [5.41, 5.74) is 0.754. The van der Waals surface area contributed by atoms with Gasteiger partial charge in [-0.05, 0) is 35.4 Å². The Morgan fingerprint density at radius 2 is 1.45 bits per heavy atom. The number of ether oxygens (including phenoxy) is 2. The van der Waals surface area contributed by atoms with E-state index in [-0.39, 0.29) is 5.56 Å². The highest BCUT2D eigenvalue weighted by Crippen LogP contribution is 2.32. The van der Waals surface area contributed by atoms with Crippen LogP contribution in [0.5, 0.6) is 11.5 Å². The molecule has 1 unspecified atom stereocenters. The molecule has 106 valence electrons. The Hall–Kier alpha value is -2.14. The maximum Gasteiger partial charge on any atom is 0.161 e. The average molecular weight is 280 g/mol. The largest absolute Gasteiger partial charge is 0.493 e. The van der Waals surface area contributed by atoms with Crippen molar-refractivity contribution in [3.05, 3.63) is 59.2 Å². The Bertz CT molecular complexity index is 614. The molecule has 2 aromatic carbocycles. The number of aliphatic hydroxyl groups is 1. The summed E-state index contributed by atoms with van der Waals surface area (Å²) in [6.45, 7) is 0. The molecule has 0 fully saturated rings. The van der Waals surface area contributed by atoms with Crippen molar-refractivity contribution in [2.24, 2.45) is 0 Å². The van der Waals surface area contributed by atoms with Gasteiger partial charge < -0.3 is 14.6 Å². The van der Waals surface area contributed by atoms with Crippen molar-refractivity contribution < 1.29 is 23.4 Å². The van der Waals surface area contributed by atoms with E-state index in [1.807, 2.05) is 0 Å². The lowest BCUT2D eigenvalue weighted by molar-refractivity contribution is 0.218. The number of methoxy groups -OCH3 is 2. The molecule has 0 radical (unpaired) electrons. The van der Waals surface area contributed by atoms with Crippen LogP contribution in [0.25, 0.3) is 0 Å². The molecule has 0 heterocycles. The first-order valence-corrected chi connectivity index (χ1v) is 5.91. The van der Waals surface area contributed by atoms with Gasteiger partial charge in [0.2, 0.25) is 0 Å². The van der Waals surface area contributed by atoms with Gasteiger partial charge in [-0.3, -0.25) is 0 Å². The van der Waals surface area contributed by atoms with Crippen molar-refractivity contribution in [2.45, 2.75) is 6.10 Å². The van der Waals surface area contributed by atoms with Crippen LogP contribution in [-0.2, 0) is 0 Å². The van der Waals surface area contributed by atoms with Crippen molar-refractivity contribution in [2.75, 3.05) is 14.2 Å². The van der Waals surface area contributed by atoms with Crippen molar-refractivity contribution in [1.82, 2.24) is 0 Å². The van der Waals surface area contributed by atoms with Crippen LogP contribution in [0.15, 0.2) is 36.4 Å². The van der Waals surface area contributed by atoms with Crippen molar-refractivity contribution in [3.8, 4) is 11.5 Å². The van der Waals surface area contributed by atoms with Crippen LogP contribution in [0.2, 0.25) is 0 Å². The first kappa shape index (κ1) is 14.3. The van der Waals surface area contributed by atoms with Crippen molar-refractivity contribution in [1.29, 1.82) is 0 Å². The highest BCUT2D eigenvalue weighted by atomic mass is 19.2. The molecule has 0 saturated carbocycles. The molecule has 0 aliphatic carbocycles. The standard InChI is InChI=1S/C15H14F2O3/c1-19-13-6-4-10(8-14(13)20-2)15(18)9-3-5-11(16)12(17)7-9/h3-8,15,18H,1-2H3. The Labute approximate surface area is 115 Å². The molecule has 2 aromatic rings. The first-order valence-electron chi connectivity index (χ1n) is 5.91. The van der Waals surface area contributed by atoms with Gasteiger partial charge in [0.05, 0.1) is 14.2 Å². The zero-order chi connectivity index (χ0) is 14.7. The van der Waals surface area contributed by atoms with Gasteiger partial charge in [-0.15, -0.1) is 0 Å². The average Bonchev–Trinajstić information content (AvgIpc) is 2.48. The van der Waals surface area contributed by atoms with Crippen LogP contribution in [0.4, 0.5) is 8.78 Å². The maximum atomic E-state index is 13.2. The number of aliphatic hydroxyl groups excluding tert-OH is 1. The highest BCUT2D eigenvalue weighted by Gasteiger charge is 2.15. The van der Waals surface area contributed by atoms with Gasteiger partial charge in [-0.1, -0.05) is 12.1 Å². The maximum absolute atomic E-state index is 13.2. The summed E-state index contributed by atoms with van der Waals surface area (Å²) in [7, 11) is 2.98. The molecule has 0 amide bonds. The van der Waals surface area contributed by atoms with Gasteiger partial charge >= 0.3 is 0 Å². The van der Waals surface area contributed by atoms with Crippen LogP contribution in [-0.4, -0.2) is 19.3 Å². The fourth-order valence-corrected chi connectivity index (χ4v) is 1.90. The summed E-state index contributed by atoms with van der Waals surface area (Å²) in [6, 6.07) is 8.14. The van der Waals surface area contributed by atoms with E-state index in [9.17, 15) is 13.9 Å². The molecule has 0 aliphatic heterocycles. The molecular formula is C15H14F2O3. The van der Waals surface area contributed by atoms with Gasteiger partial charge in [0.1, 0.15) is 6.10 Å². The third kappa shape index (κ3) is 2.72. The van der Waals surface area contributed by atoms with E-state index < -0.39 is 17.7 Å². The van der Waals surface area contributed by atoms with Crippen molar-refractivity contribution >= 4 is 0 Å². The number of halogens is 2. The molecule has 0 bridgehead atoms. The topological polar surface area (TPSA) is 38.7 Å². The quantitative estimate of drug-likeness (QED) is 0.935. The van der Waals surface area contributed by atoms with Gasteiger partial charge in [0, 0.05) is 0 Å². The van der Waals surface area contributed by atoms with E-state index in [2.05, 4.69) is 0 Å². The minimum Gasteiger partial charge on any atom is -0.493 e. The van der Waals surface area contributed by atoms with Crippen LogP contribution in [0.3, 0.4) is 0 Å². The Morgan fingerprint density at radius 3 is 2.05 bits per heavy atom. The molecule has 0 aliphatic rings. The second kappa shape index (κ2) is 5.88. The SMILES string of the molecule is COc1ccc(C(O)c2ccc(F)c(F)c2)cc1OC. The second-order valence-corrected chi connectivity index (χ2v) is 4.19. The molecule has 0 aromatic heterocycles. The van der Waals surface area contributed by atoms with Gasteiger partial charge in [0.15, 0.2) is 23.1 Å². The smallest absolute Gasteiger partial charge is 0.161 e. The van der Waals surface area contributed by atoms with E-state index in [4.69, 9.17) is 9.47 Å². The lowest BCUT2D eigenvalue weighted by Gasteiger charge is -2.14. The summed E-state index contributed by atoms with van der Waals surface area (Å²) in [6.07, 6.45) is -1.08. The summed E-state index contributed by atoms with van der Waals surface area (Å²) in [5.74, 6) is -0.976. The summed E-state index contributed by atoms with van der Waals surface area (Å²) in [4.78, 5) is 0. The number of benzene rings is 2. The molecule has 1 atom stereocenters. The first-order chi connectivity index (χ1) is 9.56. The summed E-state index contributed by atoms with van der Waals surface area (Å²) in [5, 5.41) is 10.2. The predicted octanol–water partition coefficient (Wildman–Crippen LogP) is 3.06. The molecule has 5 heteroatoms. The van der Waals surface area contributed by atoms with Gasteiger partial charge in [0.25, 0.3) is 0 Å². The molecule has 1 N–H and O–H groups in total. The summed E-state index contributed by atoms with van der Waals surface area (Å²) >= 11 is 0. The fraction of sp³-hybridized carbons (Fsp3) is 0.200. The number of hydrogen-bond donors (Lipinski definition) is 1. The van der Waals surface area contributed by atoms with Crippen LogP contribution in [0, 0.1) is 11.6 Å². The van der Waals surface area contributed by atoms with E-state index >= 15 is 0 Å². The highest BCUT2D eigenvalue weighted by molar-refractivity contribution is 5.45. The second-order valence-electron chi connectivity index (χ2n) is 4.19.